The predicted molar refractivity (Wildman–Crippen MR) is 239 cm³/mol. The van der Waals surface area contributed by atoms with Crippen LogP contribution in [0.25, 0.3) is 10.9 Å². The SMILES string of the molecule is Cc1c(O[Si](C)(C)C(C)(C)C)ccc2c(O[C@@H]3C[C@H]4C(=O)N[C@]5(C(=O)NS(=O)(=O)C6CC6)C[C@H]5/C=C\CCCCC[C@H](NC(=O)OC(C)(C)C)C(=O)N4C3)cc(OC(C)C)nc12. The van der Waals surface area contributed by atoms with Gasteiger partial charge in [-0.3, -0.25) is 19.1 Å². The Hall–Kier alpha value is -4.38. The second-order valence-corrected chi connectivity index (χ2v) is 27.0. The molecule has 1 saturated heterocycles. The summed E-state index contributed by atoms with van der Waals surface area (Å²) in [6, 6.07) is 3.37. The molecule has 0 spiro atoms. The van der Waals surface area contributed by atoms with Crippen LogP contribution in [0.1, 0.15) is 119 Å². The van der Waals surface area contributed by atoms with Crippen molar-refractivity contribution in [1.29, 1.82) is 0 Å². The van der Waals surface area contributed by atoms with Crippen LogP contribution in [0.3, 0.4) is 0 Å². The van der Waals surface area contributed by atoms with Crippen molar-refractivity contribution in [3.05, 3.63) is 35.9 Å². The number of hydrogen-bond donors (Lipinski definition) is 3. The molecule has 0 bridgehead atoms. The molecule has 2 saturated carbocycles. The molecule has 2 aromatic rings. The Morgan fingerprint density at radius 1 is 1.02 bits per heavy atom. The number of nitrogens with zero attached hydrogens (tertiary/aromatic N) is 2. The number of pyridine rings is 1. The minimum absolute atomic E-state index is 0.0300. The second kappa shape index (κ2) is 17.6. The summed E-state index contributed by atoms with van der Waals surface area (Å²) in [5.74, 6) is -0.871. The largest absolute Gasteiger partial charge is 0.543 e. The monoisotopic (exact) mass is 897 g/mol. The van der Waals surface area contributed by atoms with Crippen LogP contribution in [-0.2, 0) is 29.1 Å². The number of amides is 4. The average Bonchev–Trinajstić information content (AvgIpc) is 4.07. The third-order valence-electron chi connectivity index (χ3n) is 12.5. The van der Waals surface area contributed by atoms with Crippen LogP contribution < -0.4 is 29.3 Å². The molecule has 5 atom stereocenters. The lowest BCUT2D eigenvalue weighted by atomic mass is 10.0. The van der Waals surface area contributed by atoms with Crippen LogP contribution in [0.2, 0.25) is 18.1 Å². The molecule has 17 heteroatoms. The number of hydrogen-bond acceptors (Lipinski definition) is 11. The van der Waals surface area contributed by atoms with E-state index in [0.29, 0.717) is 54.6 Å². The van der Waals surface area contributed by atoms with E-state index < -0.39 is 82.7 Å². The maximum absolute atomic E-state index is 14.7. The zero-order valence-electron chi connectivity index (χ0n) is 38.3. The topological polar surface area (TPSA) is 192 Å². The number of ether oxygens (including phenoxy) is 3. The molecule has 62 heavy (non-hydrogen) atoms. The molecule has 2 aliphatic heterocycles. The first-order valence-electron chi connectivity index (χ1n) is 22.1. The number of aromatic nitrogens is 1. The molecule has 6 rings (SSSR count). The van der Waals surface area contributed by atoms with Gasteiger partial charge in [0.2, 0.25) is 36.0 Å². The Morgan fingerprint density at radius 2 is 1.73 bits per heavy atom. The molecule has 2 aliphatic carbocycles. The maximum Gasteiger partial charge on any atom is 0.408 e. The summed E-state index contributed by atoms with van der Waals surface area (Å²) in [5, 5.41) is 5.70. The number of nitrogens with one attached hydrogen (secondary N) is 3. The third-order valence-corrected chi connectivity index (χ3v) is 18.6. The van der Waals surface area contributed by atoms with Crippen molar-refractivity contribution in [1.82, 2.24) is 25.2 Å². The Balaban J connectivity index is 1.36. The van der Waals surface area contributed by atoms with Crippen LogP contribution in [0.15, 0.2) is 30.4 Å². The van der Waals surface area contributed by atoms with Gasteiger partial charge < -0.3 is 34.2 Å². The number of rotatable bonds is 10. The molecule has 4 amide bonds. The molecule has 3 heterocycles. The van der Waals surface area contributed by atoms with E-state index in [-0.39, 0.29) is 30.5 Å². The fraction of sp³-hybridized carbons (Fsp3) is 0.667. The second-order valence-electron chi connectivity index (χ2n) is 20.3. The van der Waals surface area contributed by atoms with E-state index in [4.69, 9.17) is 23.6 Å². The molecule has 4 aliphatic rings. The summed E-state index contributed by atoms with van der Waals surface area (Å²) in [6.07, 6.45) is 6.44. The van der Waals surface area contributed by atoms with E-state index >= 15 is 0 Å². The van der Waals surface area contributed by atoms with Gasteiger partial charge in [0.1, 0.15) is 40.8 Å². The van der Waals surface area contributed by atoms with Crippen molar-refractivity contribution < 1.29 is 46.2 Å². The Labute approximate surface area is 368 Å². The highest BCUT2D eigenvalue weighted by atomic mass is 32.2. The predicted octanol–water partition coefficient (Wildman–Crippen LogP) is 6.96. The zero-order chi connectivity index (χ0) is 45.6. The van der Waals surface area contributed by atoms with Crippen molar-refractivity contribution in [2.75, 3.05) is 6.54 Å². The maximum atomic E-state index is 14.7. The zero-order valence-corrected chi connectivity index (χ0v) is 40.1. The lowest BCUT2D eigenvalue weighted by molar-refractivity contribution is -0.141. The Morgan fingerprint density at radius 3 is 2.37 bits per heavy atom. The fourth-order valence-electron chi connectivity index (χ4n) is 7.77. The summed E-state index contributed by atoms with van der Waals surface area (Å²) >= 11 is 0. The van der Waals surface area contributed by atoms with Crippen molar-refractivity contribution in [3.8, 4) is 17.4 Å². The minimum atomic E-state index is -3.92. The highest BCUT2D eigenvalue weighted by Gasteiger charge is 2.62. The lowest BCUT2D eigenvalue weighted by Gasteiger charge is -2.37. The van der Waals surface area contributed by atoms with Gasteiger partial charge in [-0.05, 0) is 110 Å². The quantitative estimate of drug-likeness (QED) is 0.165. The van der Waals surface area contributed by atoms with Gasteiger partial charge in [0.05, 0.1) is 23.4 Å². The summed E-state index contributed by atoms with van der Waals surface area (Å²) in [4.78, 5) is 62.7. The van der Waals surface area contributed by atoms with Crippen molar-refractivity contribution >= 4 is 53.1 Å². The van der Waals surface area contributed by atoms with E-state index in [1.807, 2.05) is 45.1 Å². The van der Waals surface area contributed by atoms with E-state index in [9.17, 15) is 27.6 Å². The minimum Gasteiger partial charge on any atom is -0.543 e. The lowest BCUT2D eigenvalue weighted by Crippen LogP contribution is -2.58. The van der Waals surface area contributed by atoms with Crippen LogP contribution in [0.5, 0.6) is 17.4 Å². The van der Waals surface area contributed by atoms with Crippen LogP contribution in [0, 0.1) is 12.8 Å². The molecule has 342 valence electrons. The first kappa shape index (κ1) is 47.1. The smallest absolute Gasteiger partial charge is 0.408 e. The summed E-state index contributed by atoms with van der Waals surface area (Å²) in [7, 11) is -6.14. The number of sulfonamides is 1. The fourth-order valence-corrected chi connectivity index (χ4v) is 10.2. The summed E-state index contributed by atoms with van der Waals surface area (Å²) < 4.78 is 53.4. The van der Waals surface area contributed by atoms with Gasteiger partial charge in [0.25, 0.3) is 5.91 Å². The van der Waals surface area contributed by atoms with Gasteiger partial charge in [-0.25, -0.2) is 18.2 Å². The number of carbonyl (C=O) groups excluding carboxylic acids is 4. The van der Waals surface area contributed by atoms with Gasteiger partial charge >= 0.3 is 6.09 Å². The van der Waals surface area contributed by atoms with E-state index in [1.54, 1.807) is 26.8 Å². The Bertz CT molecular complexity index is 2200. The normalized spacial score (nSPS) is 25.7. The highest BCUT2D eigenvalue weighted by Crippen LogP contribution is 2.46. The molecule has 3 fully saturated rings. The summed E-state index contributed by atoms with van der Waals surface area (Å²) in [5.41, 5.74) is -0.904. The Kier molecular flexibility index (Phi) is 13.4. The van der Waals surface area contributed by atoms with Gasteiger partial charge in [0.15, 0.2) is 0 Å². The third kappa shape index (κ3) is 10.9. The van der Waals surface area contributed by atoms with E-state index in [2.05, 4.69) is 49.2 Å². The van der Waals surface area contributed by atoms with Gasteiger partial charge in [-0.2, -0.15) is 0 Å². The number of fused-ring (bicyclic) bond motifs is 3. The van der Waals surface area contributed by atoms with Crippen LogP contribution >= 0.6 is 0 Å². The number of benzene rings is 1. The van der Waals surface area contributed by atoms with Gasteiger partial charge in [-0.1, -0.05) is 45.8 Å². The highest BCUT2D eigenvalue weighted by molar-refractivity contribution is 7.91. The van der Waals surface area contributed by atoms with E-state index in [1.165, 1.54) is 4.90 Å². The number of carbonyl (C=O) groups is 4. The van der Waals surface area contributed by atoms with E-state index in [0.717, 1.165) is 24.2 Å². The molecular weight excluding hydrogens is 831 g/mol. The van der Waals surface area contributed by atoms with Crippen molar-refractivity contribution in [3.63, 3.8) is 0 Å². The van der Waals surface area contributed by atoms with Crippen molar-refractivity contribution in [2.45, 2.75) is 179 Å². The molecule has 1 aromatic carbocycles. The number of alkyl carbamates (subject to hydrolysis) is 1. The first-order valence-corrected chi connectivity index (χ1v) is 26.6. The molecule has 15 nitrogen and oxygen atoms in total. The molecule has 1 aromatic heterocycles. The van der Waals surface area contributed by atoms with Gasteiger partial charge in [0, 0.05) is 29.4 Å². The molecule has 0 radical (unpaired) electrons. The standard InChI is InChI=1S/C45H67N5O10SSi/c1-27(2)57-37-24-36(32-21-22-35(28(3)38(32)47-37)60-62(10,11)44(7,8)9)58-30-23-34-39(51)48-45(41(53)49-61(55,56)31-19-20-31)25-29(45)17-15-13-12-14-16-18-33(40(52)50(34)26-30)46-42(54)59-43(4,5)6/h15,17,21-22,24,27,29-31,33-34H,12-14,16,18-20,23,25-26H2,1-11H3,(H,46,54)(H,48,51)(H,49,53)/b17-15-/t29-,30-,33+,34+,45-/m1/s1. The van der Waals surface area contributed by atoms with Crippen LogP contribution in [-0.4, -0.2) is 97.7 Å². The average molecular weight is 898 g/mol. The first-order chi connectivity index (χ1) is 28.8. The molecule has 3 N–H and O–H groups in total. The molecular formula is C45H67N5O10SSi. The number of aryl methyl sites for hydroxylation is 1. The van der Waals surface area contributed by atoms with Crippen LogP contribution in [0.4, 0.5) is 4.79 Å². The summed E-state index contributed by atoms with van der Waals surface area (Å²) in [6.45, 7) is 21.8. The van der Waals surface area contributed by atoms with Gasteiger partial charge in [-0.15, -0.1) is 0 Å². The molecule has 0 unspecified atom stereocenters. The number of allylic oxidation sites excluding steroid dienone is 1. The van der Waals surface area contributed by atoms with Crippen molar-refractivity contribution in [2.24, 2.45) is 5.92 Å².